The van der Waals surface area contributed by atoms with Gasteiger partial charge in [-0.15, -0.1) is 0 Å². The molecule has 0 aliphatic rings. The highest BCUT2D eigenvalue weighted by atomic mass is 32.2. The summed E-state index contributed by atoms with van der Waals surface area (Å²) in [7, 11) is -3.93. The third kappa shape index (κ3) is 3.34. The van der Waals surface area contributed by atoms with Crippen LogP contribution in [0.3, 0.4) is 0 Å². The van der Waals surface area contributed by atoms with Gasteiger partial charge >= 0.3 is 0 Å². The second-order valence-electron chi connectivity index (χ2n) is 4.28. The van der Waals surface area contributed by atoms with E-state index < -0.39 is 15.8 Å². The van der Waals surface area contributed by atoms with E-state index in [1.54, 1.807) is 6.92 Å². The molecule has 2 aromatic rings. The summed E-state index contributed by atoms with van der Waals surface area (Å²) in [6.45, 7) is 1.60. The molecule has 0 saturated carbocycles. The maximum atomic E-state index is 13.1. The van der Waals surface area contributed by atoms with Crippen LogP contribution in [0.1, 0.15) is 11.3 Å². The summed E-state index contributed by atoms with van der Waals surface area (Å²) in [4.78, 5) is 3.63. The van der Waals surface area contributed by atoms with E-state index in [0.29, 0.717) is 5.56 Å². The molecule has 0 atom stereocenters. The van der Waals surface area contributed by atoms with Crippen molar-refractivity contribution in [1.29, 1.82) is 0 Å². The molecule has 0 saturated heterocycles. The van der Waals surface area contributed by atoms with Gasteiger partial charge in [-0.1, -0.05) is 12.2 Å². The average Bonchev–Trinajstić information content (AvgIpc) is 2.42. The lowest BCUT2D eigenvalue weighted by Crippen LogP contribution is -2.21. The fourth-order valence-corrected chi connectivity index (χ4v) is 3.26. The van der Waals surface area contributed by atoms with Gasteiger partial charge in [-0.25, -0.2) is 12.8 Å². The molecule has 0 aliphatic heterocycles. The van der Waals surface area contributed by atoms with Crippen molar-refractivity contribution in [3.8, 4) is 0 Å². The molecule has 5 nitrogen and oxygen atoms in total. The Hall–Kier alpha value is -2.06. The van der Waals surface area contributed by atoms with Crippen LogP contribution in [-0.2, 0) is 10.0 Å². The fourth-order valence-electron chi connectivity index (χ4n) is 1.73. The van der Waals surface area contributed by atoms with Gasteiger partial charge in [0.1, 0.15) is 21.4 Å². The maximum absolute atomic E-state index is 13.1. The van der Waals surface area contributed by atoms with Crippen LogP contribution in [0.5, 0.6) is 0 Å². The lowest BCUT2D eigenvalue weighted by atomic mass is 10.2. The van der Waals surface area contributed by atoms with Crippen molar-refractivity contribution in [3.05, 3.63) is 53.6 Å². The van der Waals surface area contributed by atoms with Crippen LogP contribution in [0.15, 0.2) is 41.4 Å². The standard InChI is InChI=1S/C13H12FN3O2S2/c1-8-7-9(14)4-5-10(8)17-21(18,19)11-3-2-6-16-12(11)13(15)20/h2-7,17H,1H3,(H2,15,20). The lowest BCUT2D eigenvalue weighted by Gasteiger charge is -2.12. The smallest absolute Gasteiger partial charge is 0.264 e. The van der Waals surface area contributed by atoms with E-state index in [9.17, 15) is 12.8 Å². The van der Waals surface area contributed by atoms with Crippen molar-refractivity contribution in [2.24, 2.45) is 5.73 Å². The van der Waals surface area contributed by atoms with Crippen LogP contribution in [0.25, 0.3) is 0 Å². The predicted molar refractivity (Wildman–Crippen MR) is 82.1 cm³/mol. The minimum absolute atomic E-state index is 0.0137. The average molecular weight is 325 g/mol. The summed E-state index contributed by atoms with van der Waals surface area (Å²) >= 11 is 4.80. The molecule has 2 rings (SSSR count). The van der Waals surface area contributed by atoms with Gasteiger partial charge in [-0.2, -0.15) is 0 Å². The van der Waals surface area contributed by atoms with E-state index in [1.165, 1.54) is 36.5 Å². The second kappa shape index (κ2) is 5.74. The SMILES string of the molecule is Cc1cc(F)ccc1NS(=O)(=O)c1cccnc1C(N)=S. The zero-order valence-corrected chi connectivity index (χ0v) is 12.6. The van der Waals surface area contributed by atoms with E-state index in [4.69, 9.17) is 18.0 Å². The number of aromatic nitrogens is 1. The maximum Gasteiger partial charge on any atom is 0.264 e. The minimum Gasteiger partial charge on any atom is -0.388 e. The first-order valence-electron chi connectivity index (χ1n) is 5.85. The van der Waals surface area contributed by atoms with Gasteiger partial charge in [0, 0.05) is 6.20 Å². The number of nitrogens with two attached hydrogens (primary N) is 1. The van der Waals surface area contributed by atoms with E-state index >= 15 is 0 Å². The first-order valence-corrected chi connectivity index (χ1v) is 7.74. The monoisotopic (exact) mass is 325 g/mol. The Morgan fingerprint density at radius 2 is 2.10 bits per heavy atom. The van der Waals surface area contributed by atoms with Gasteiger partial charge in [-0.3, -0.25) is 9.71 Å². The highest BCUT2D eigenvalue weighted by Crippen LogP contribution is 2.21. The molecule has 0 aliphatic carbocycles. The minimum atomic E-state index is -3.93. The molecule has 1 heterocycles. The number of hydrogen-bond acceptors (Lipinski definition) is 4. The molecule has 1 aromatic heterocycles. The normalized spacial score (nSPS) is 11.1. The fraction of sp³-hybridized carbons (Fsp3) is 0.0769. The Morgan fingerprint density at radius 1 is 1.38 bits per heavy atom. The zero-order valence-electron chi connectivity index (χ0n) is 11.0. The number of nitrogens with zero attached hydrogens (tertiary/aromatic N) is 1. The number of rotatable bonds is 4. The van der Waals surface area contributed by atoms with E-state index in [-0.39, 0.29) is 21.3 Å². The van der Waals surface area contributed by atoms with Gasteiger partial charge in [0.25, 0.3) is 10.0 Å². The lowest BCUT2D eigenvalue weighted by molar-refractivity contribution is 0.600. The third-order valence-corrected chi connectivity index (χ3v) is 4.32. The predicted octanol–water partition coefficient (Wildman–Crippen LogP) is 1.96. The zero-order chi connectivity index (χ0) is 15.6. The highest BCUT2D eigenvalue weighted by molar-refractivity contribution is 7.93. The number of thiocarbonyl (C=S) groups is 1. The number of aryl methyl sites for hydroxylation is 1. The molecular formula is C13H12FN3O2S2. The molecule has 1 aromatic carbocycles. The van der Waals surface area contributed by atoms with E-state index in [0.717, 1.165) is 0 Å². The molecule has 110 valence electrons. The number of pyridine rings is 1. The molecule has 21 heavy (non-hydrogen) atoms. The molecule has 8 heteroatoms. The molecule has 0 radical (unpaired) electrons. The van der Waals surface area contributed by atoms with Crippen LogP contribution in [-0.4, -0.2) is 18.4 Å². The molecular weight excluding hydrogens is 313 g/mol. The number of halogens is 1. The number of sulfonamides is 1. The first kappa shape index (κ1) is 15.3. The largest absolute Gasteiger partial charge is 0.388 e. The Kier molecular flexibility index (Phi) is 4.19. The molecule has 3 N–H and O–H groups in total. The van der Waals surface area contributed by atoms with Crippen molar-refractivity contribution < 1.29 is 12.8 Å². The van der Waals surface area contributed by atoms with Gasteiger partial charge in [0.05, 0.1) is 5.69 Å². The van der Waals surface area contributed by atoms with E-state index in [1.807, 2.05) is 0 Å². The van der Waals surface area contributed by atoms with Crippen LogP contribution >= 0.6 is 12.2 Å². The summed E-state index contributed by atoms with van der Waals surface area (Å²) in [6, 6.07) is 6.56. The molecule has 0 fully saturated rings. The Labute approximate surface area is 127 Å². The number of benzene rings is 1. The summed E-state index contributed by atoms with van der Waals surface area (Å²) in [5.41, 5.74) is 6.23. The van der Waals surface area contributed by atoms with Crippen molar-refractivity contribution in [1.82, 2.24) is 4.98 Å². The summed E-state index contributed by atoms with van der Waals surface area (Å²) < 4.78 is 40.2. The molecule has 0 unspecified atom stereocenters. The quantitative estimate of drug-likeness (QED) is 0.840. The Morgan fingerprint density at radius 3 is 2.71 bits per heavy atom. The summed E-state index contributed by atoms with van der Waals surface area (Å²) in [5, 5.41) is 0. The Balaban J connectivity index is 2.46. The van der Waals surface area contributed by atoms with E-state index in [2.05, 4.69) is 9.71 Å². The van der Waals surface area contributed by atoms with Crippen molar-refractivity contribution in [3.63, 3.8) is 0 Å². The van der Waals surface area contributed by atoms with Crippen molar-refractivity contribution >= 4 is 32.9 Å². The van der Waals surface area contributed by atoms with Gasteiger partial charge < -0.3 is 5.73 Å². The highest BCUT2D eigenvalue weighted by Gasteiger charge is 2.21. The van der Waals surface area contributed by atoms with Crippen LogP contribution in [0.4, 0.5) is 10.1 Å². The van der Waals surface area contributed by atoms with Crippen LogP contribution in [0, 0.1) is 12.7 Å². The van der Waals surface area contributed by atoms with Crippen molar-refractivity contribution in [2.75, 3.05) is 4.72 Å². The van der Waals surface area contributed by atoms with Crippen molar-refractivity contribution in [2.45, 2.75) is 11.8 Å². The van der Waals surface area contributed by atoms with Gasteiger partial charge in [0.15, 0.2) is 0 Å². The third-order valence-electron chi connectivity index (χ3n) is 2.73. The second-order valence-corrected chi connectivity index (χ2v) is 6.37. The molecule has 0 amide bonds. The van der Waals surface area contributed by atoms with Crippen LogP contribution in [0.2, 0.25) is 0 Å². The van der Waals surface area contributed by atoms with Gasteiger partial charge in [-0.05, 0) is 42.8 Å². The van der Waals surface area contributed by atoms with Gasteiger partial charge in [0.2, 0.25) is 0 Å². The number of nitrogens with one attached hydrogen (secondary N) is 1. The summed E-state index contributed by atoms with van der Waals surface area (Å²) in [6.07, 6.45) is 1.40. The number of anilines is 1. The first-order chi connectivity index (χ1) is 9.81. The number of hydrogen-bond donors (Lipinski definition) is 2. The molecule has 0 spiro atoms. The topological polar surface area (TPSA) is 85.1 Å². The summed E-state index contributed by atoms with van der Waals surface area (Å²) in [5.74, 6) is -0.444. The Bertz CT molecular complexity index is 807. The van der Waals surface area contributed by atoms with Crippen LogP contribution < -0.4 is 10.5 Å². The molecule has 0 bridgehead atoms.